The number of fused-ring (bicyclic) bond motifs is 1. The molecule has 1 unspecified atom stereocenters. The maximum Gasteiger partial charge on any atom is 0.302 e. The molecule has 0 bridgehead atoms. The molecule has 6 nitrogen and oxygen atoms in total. The van der Waals surface area contributed by atoms with Gasteiger partial charge in [0.2, 0.25) is 5.96 Å². The largest absolute Gasteiger partial charge is 0.423 e. The highest BCUT2D eigenvalue weighted by Crippen LogP contribution is 2.43. The molecule has 2 aliphatic rings. The minimum atomic E-state index is -0.299. The van der Waals surface area contributed by atoms with Crippen molar-refractivity contribution in [3.63, 3.8) is 0 Å². The number of nitrogens with zero attached hydrogens (tertiary/aromatic N) is 2. The zero-order valence-corrected chi connectivity index (χ0v) is 16.5. The van der Waals surface area contributed by atoms with Crippen LogP contribution in [-0.2, 0) is 4.79 Å². The maximum absolute atomic E-state index is 12.9. The first-order valence-electron chi connectivity index (χ1n) is 9.26. The lowest BCUT2D eigenvalue weighted by atomic mass is 9.74. The summed E-state index contributed by atoms with van der Waals surface area (Å²) in [6.45, 7) is 4.24. The van der Waals surface area contributed by atoms with Crippen molar-refractivity contribution < 1.29 is 9.21 Å². The van der Waals surface area contributed by atoms with Crippen LogP contribution in [0.4, 0.5) is 6.01 Å². The molecule has 1 aromatic carbocycles. The first kappa shape index (κ1) is 17.2. The van der Waals surface area contributed by atoms with Gasteiger partial charge in [-0.25, -0.2) is 4.99 Å². The van der Waals surface area contributed by atoms with E-state index in [0.717, 1.165) is 28.1 Å². The Labute approximate surface area is 166 Å². The van der Waals surface area contributed by atoms with E-state index < -0.39 is 0 Å². The van der Waals surface area contributed by atoms with Gasteiger partial charge in [0.05, 0.1) is 0 Å². The van der Waals surface area contributed by atoms with Crippen LogP contribution in [0.3, 0.4) is 0 Å². The number of Topliss-reactive ketones (excluding diaryl/α,β-unsaturated/α-hetero) is 1. The molecule has 1 atom stereocenters. The van der Waals surface area contributed by atoms with Crippen LogP contribution in [0.2, 0.25) is 0 Å². The number of para-hydroxylation sites is 2. The quantitative estimate of drug-likeness (QED) is 0.664. The van der Waals surface area contributed by atoms with Gasteiger partial charge in [0.25, 0.3) is 0 Å². The molecule has 0 saturated heterocycles. The van der Waals surface area contributed by atoms with E-state index in [1.165, 1.54) is 0 Å². The van der Waals surface area contributed by atoms with Gasteiger partial charge < -0.3 is 9.73 Å². The van der Waals surface area contributed by atoms with Crippen LogP contribution in [0.25, 0.3) is 11.1 Å². The van der Waals surface area contributed by atoms with Crippen LogP contribution in [0, 0.1) is 5.41 Å². The number of rotatable bonds is 2. The molecule has 3 heterocycles. The summed E-state index contributed by atoms with van der Waals surface area (Å²) >= 11 is 1.61. The van der Waals surface area contributed by atoms with Gasteiger partial charge in [-0.2, -0.15) is 4.98 Å². The molecule has 7 heteroatoms. The first-order valence-corrected chi connectivity index (χ1v) is 10.1. The summed E-state index contributed by atoms with van der Waals surface area (Å²) in [5.41, 5.74) is 3.14. The second kappa shape index (κ2) is 6.31. The molecule has 5 rings (SSSR count). The molecule has 142 valence electrons. The molecule has 1 aliphatic heterocycles. The maximum atomic E-state index is 12.9. The lowest BCUT2D eigenvalue weighted by molar-refractivity contribution is -0.118. The number of carbonyl (C=O) groups excluding carboxylic acids is 1. The molecular weight excluding hydrogens is 372 g/mol. The standard InChI is InChI=1S/C21H20N4O2S/c1-21(2)10-13-17(14(26)11-21)18(16-8-5-9-28-16)24-19(22-13)25-20-23-12-6-3-4-7-15(12)27-20/h3-9,18H,10-11H2,1-2H3,(H2,22,23,24,25). The molecule has 0 spiro atoms. The van der Waals surface area contributed by atoms with Gasteiger partial charge in [-0.1, -0.05) is 32.0 Å². The SMILES string of the molecule is CC1(C)CC(=O)C2=C(C1)NC(Nc1nc3ccccc3o1)=NC2c1cccs1. The first-order chi connectivity index (χ1) is 13.5. The van der Waals surface area contributed by atoms with Crippen molar-refractivity contribution in [2.75, 3.05) is 5.32 Å². The number of aliphatic imine (C=N–C) groups is 1. The highest BCUT2D eigenvalue weighted by Gasteiger charge is 2.39. The number of nitrogens with one attached hydrogen (secondary N) is 2. The van der Waals surface area contributed by atoms with E-state index in [4.69, 9.17) is 9.41 Å². The van der Waals surface area contributed by atoms with Crippen molar-refractivity contribution in [2.45, 2.75) is 32.7 Å². The van der Waals surface area contributed by atoms with E-state index >= 15 is 0 Å². The van der Waals surface area contributed by atoms with Crippen molar-refractivity contribution in [1.29, 1.82) is 0 Å². The number of aromatic nitrogens is 1. The average Bonchev–Trinajstić information content (AvgIpc) is 3.29. The van der Waals surface area contributed by atoms with Crippen molar-refractivity contribution in [3.05, 3.63) is 57.9 Å². The second-order valence-electron chi connectivity index (χ2n) is 7.97. The minimum absolute atomic E-state index is 0.0804. The predicted octanol–water partition coefficient (Wildman–Crippen LogP) is 4.64. The van der Waals surface area contributed by atoms with Gasteiger partial charge in [-0.05, 0) is 35.4 Å². The molecule has 1 aliphatic carbocycles. The Morgan fingerprint density at radius 2 is 2.07 bits per heavy atom. The zero-order valence-electron chi connectivity index (χ0n) is 15.7. The number of hydrogen-bond acceptors (Lipinski definition) is 7. The fraction of sp³-hybridized carbons (Fsp3) is 0.286. The summed E-state index contributed by atoms with van der Waals surface area (Å²) in [5.74, 6) is 0.719. The summed E-state index contributed by atoms with van der Waals surface area (Å²) in [4.78, 5) is 23.2. The summed E-state index contributed by atoms with van der Waals surface area (Å²) in [6, 6.07) is 11.7. The third-order valence-corrected chi connectivity index (χ3v) is 5.98. The van der Waals surface area contributed by atoms with Crippen LogP contribution in [0.15, 0.2) is 62.5 Å². The fourth-order valence-corrected chi connectivity index (χ4v) is 4.65. The normalized spacial score (nSPS) is 21.3. The molecule has 0 saturated carbocycles. The fourth-order valence-electron chi connectivity index (χ4n) is 3.88. The highest BCUT2D eigenvalue weighted by molar-refractivity contribution is 7.10. The van der Waals surface area contributed by atoms with Gasteiger partial charge in [-0.3, -0.25) is 10.1 Å². The van der Waals surface area contributed by atoms with Gasteiger partial charge in [0, 0.05) is 22.6 Å². The smallest absolute Gasteiger partial charge is 0.302 e. The van der Waals surface area contributed by atoms with Gasteiger partial charge in [0.15, 0.2) is 11.4 Å². The summed E-state index contributed by atoms with van der Waals surface area (Å²) in [6.07, 6.45) is 1.34. The Morgan fingerprint density at radius 1 is 1.21 bits per heavy atom. The zero-order chi connectivity index (χ0) is 19.3. The van der Waals surface area contributed by atoms with Crippen molar-refractivity contribution in [2.24, 2.45) is 10.4 Å². The Kier molecular flexibility index (Phi) is 3.87. The van der Waals surface area contributed by atoms with Crippen LogP contribution in [-0.4, -0.2) is 16.7 Å². The third-order valence-electron chi connectivity index (χ3n) is 5.05. The van der Waals surface area contributed by atoms with Gasteiger partial charge in [0.1, 0.15) is 11.6 Å². The molecular formula is C21H20N4O2S. The summed E-state index contributed by atoms with van der Waals surface area (Å²) < 4.78 is 5.77. The third kappa shape index (κ3) is 3.01. The van der Waals surface area contributed by atoms with E-state index in [9.17, 15) is 4.79 Å². The molecule has 0 fully saturated rings. The number of thiophene rings is 1. The van der Waals surface area contributed by atoms with Crippen LogP contribution in [0.1, 0.15) is 37.6 Å². The molecule has 2 N–H and O–H groups in total. The van der Waals surface area contributed by atoms with E-state index in [0.29, 0.717) is 24.0 Å². The Hall–Kier alpha value is -2.93. The second-order valence-corrected chi connectivity index (χ2v) is 8.94. The Balaban J connectivity index is 1.52. The Morgan fingerprint density at radius 3 is 2.86 bits per heavy atom. The lowest BCUT2D eigenvalue weighted by Crippen LogP contribution is -2.41. The lowest BCUT2D eigenvalue weighted by Gasteiger charge is -2.36. The number of allylic oxidation sites excluding steroid dienone is 1. The molecule has 0 amide bonds. The van der Waals surface area contributed by atoms with E-state index in [1.54, 1.807) is 11.3 Å². The van der Waals surface area contributed by atoms with E-state index in [-0.39, 0.29) is 17.2 Å². The summed E-state index contributed by atoms with van der Waals surface area (Å²) in [5, 5.41) is 8.50. The van der Waals surface area contributed by atoms with Gasteiger partial charge in [-0.15, -0.1) is 11.3 Å². The predicted molar refractivity (Wildman–Crippen MR) is 110 cm³/mol. The minimum Gasteiger partial charge on any atom is -0.423 e. The van der Waals surface area contributed by atoms with Gasteiger partial charge >= 0.3 is 6.01 Å². The van der Waals surface area contributed by atoms with Crippen molar-refractivity contribution >= 4 is 40.2 Å². The number of oxazole rings is 1. The summed E-state index contributed by atoms with van der Waals surface area (Å²) in [7, 11) is 0. The number of hydrogen-bond donors (Lipinski definition) is 2. The number of guanidine groups is 1. The molecule has 28 heavy (non-hydrogen) atoms. The molecule has 2 aromatic heterocycles. The van der Waals surface area contributed by atoms with Crippen LogP contribution in [0.5, 0.6) is 0 Å². The highest BCUT2D eigenvalue weighted by atomic mass is 32.1. The van der Waals surface area contributed by atoms with Crippen molar-refractivity contribution in [1.82, 2.24) is 10.3 Å². The molecule has 0 radical (unpaired) electrons. The number of benzene rings is 1. The van der Waals surface area contributed by atoms with Crippen LogP contribution < -0.4 is 10.6 Å². The average molecular weight is 392 g/mol. The van der Waals surface area contributed by atoms with Crippen LogP contribution >= 0.6 is 11.3 Å². The Bertz CT molecular complexity index is 1090. The number of ketones is 1. The monoisotopic (exact) mass is 392 g/mol. The van der Waals surface area contributed by atoms with Crippen molar-refractivity contribution in [3.8, 4) is 0 Å². The number of anilines is 1. The topological polar surface area (TPSA) is 79.5 Å². The van der Waals surface area contributed by atoms with E-state index in [1.807, 2.05) is 41.8 Å². The molecule has 3 aromatic rings. The van der Waals surface area contributed by atoms with E-state index in [2.05, 4.69) is 29.5 Å². The number of carbonyl (C=O) groups is 1.